The summed E-state index contributed by atoms with van der Waals surface area (Å²) in [6.45, 7) is 17.4. The number of aliphatic hydroxyl groups is 8. The van der Waals surface area contributed by atoms with Crippen LogP contribution in [0.3, 0.4) is 0 Å². The second-order valence-electron chi connectivity index (χ2n) is 20.4. The maximum absolute atomic E-state index is 14.6. The predicted octanol–water partition coefficient (Wildman–Crippen LogP) is 2.60. The average Bonchev–Trinajstić information content (AvgIpc) is 3.40. The Kier molecular flexibility index (Phi) is 12.5. The molecular weight excluding hydrogens is 724 g/mol. The Morgan fingerprint density at radius 2 is 1.52 bits per heavy atom. The van der Waals surface area contributed by atoms with Gasteiger partial charge in [-0.3, -0.25) is 4.79 Å². The lowest BCUT2D eigenvalue weighted by molar-refractivity contribution is -0.338. The number of carbonyl (C=O) groups is 1. The lowest BCUT2D eigenvalue weighted by Crippen LogP contribution is -2.63. The van der Waals surface area contributed by atoms with Crippen LogP contribution < -0.4 is 0 Å². The average molecular weight is 797 g/mol. The Morgan fingerprint density at radius 1 is 0.857 bits per heavy atom. The van der Waals surface area contributed by atoms with Gasteiger partial charge in [-0.25, -0.2) is 0 Å². The number of allylic oxidation sites excluding steroid dienone is 1. The molecule has 0 amide bonds. The van der Waals surface area contributed by atoms with Gasteiger partial charge in [0.25, 0.3) is 0 Å². The first-order valence-electron chi connectivity index (χ1n) is 21.2. The number of ketones is 1. The number of ether oxygens (including phenoxy) is 4. The molecule has 322 valence electrons. The van der Waals surface area contributed by atoms with Gasteiger partial charge in [0, 0.05) is 23.2 Å². The highest BCUT2D eigenvalue weighted by atomic mass is 16.7. The van der Waals surface area contributed by atoms with Crippen molar-refractivity contribution in [1.82, 2.24) is 0 Å². The van der Waals surface area contributed by atoms with Crippen molar-refractivity contribution in [2.24, 2.45) is 51.2 Å². The van der Waals surface area contributed by atoms with Gasteiger partial charge in [-0.2, -0.15) is 0 Å². The fourth-order valence-corrected chi connectivity index (χ4v) is 12.5. The third-order valence-electron chi connectivity index (χ3n) is 16.7. The molecule has 2 aliphatic heterocycles. The fraction of sp³-hybridized carbons (Fsp3) is 0.930. The van der Waals surface area contributed by atoms with Crippen molar-refractivity contribution in [2.75, 3.05) is 13.2 Å². The Hall–Kier alpha value is -1.07. The van der Waals surface area contributed by atoms with Crippen LogP contribution in [0.4, 0.5) is 0 Å². The van der Waals surface area contributed by atoms with E-state index in [2.05, 4.69) is 47.6 Å². The summed E-state index contributed by atoms with van der Waals surface area (Å²) >= 11 is 0. The molecular formula is C43H72O13. The van der Waals surface area contributed by atoms with Gasteiger partial charge in [0.05, 0.1) is 37.1 Å². The summed E-state index contributed by atoms with van der Waals surface area (Å²) in [6.07, 6.45) is -5.11. The van der Waals surface area contributed by atoms with Gasteiger partial charge in [0.15, 0.2) is 12.6 Å². The second kappa shape index (κ2) is 15.8. The largest absolute Gasteiger partial charge is 0.394 e. The molecule has 2 saturated heterocycles. The van der Waals surface area contributed by atoms with Crippen molar-refractivity contribution in [2.45, 2.75) is 187 Å². The van der Waals surface area contributed by atoms with Crippen LogP contribution in [-0.4, -0.2) is 133 Å². The molecule has 3 unspecified atom stereocenters. The van der Waals surface area contributed by atoms with E-state index in [4.69, 9.17) is 18.9 Å². The zero-order valence-electron chi connectivity index (χ0n) is 35.0. The minimum absolute atomic E-state index is 0.0629. The van der Waals surface area contributed by atoms with Gasteiger partial charge in [0.2, 0.25) is 0 Å². The number of aliphatic hydroxyl groups excluding tert-OH is 7. The molecule has 6 rings (SSSR count). The number of fused-ring (bicyclic) bond motifs is 5. The van der Waals surface area contributed by atoms with Crippen LogP contribution in [0, 0.1) is 51.2 Å². The molecule has 4 aliphatic carbocycles. The Labute approximate surface area is 332 Å². The Bertz CT molecular complexity index is 1440. The molecule has 13 heteroatoms. The zero-order valence-corrected chi connectivity index (χ0v) is 35.0. The molecule has 0 radical (unpaired) electrons. The number of Topliss-reactive ketones (excluding diaryl/α,β-unsaturated/α-hetero) is 1. The molecule has 13 nitrogen and oxygen atoms in total. The summed E-state index contributed by atoms with van der Waals surface area (Å²) in [5.41, 5.74) is -1.23. The first-order chi connectivity index (χ1) is 25.9. The summed E-state index contributed by atoms with van der Waals surface area (Å²) < 4.78 is 23.5. The molecule has 0 aromatic carbocycles. The zero-order chi connectivity index (χ0) is 41.5. The topological polar surface area (TPSA) is 216 Å². The number of rotatable bonds is 11. The molecule has 8 N–H and O–H groups in total. The Balaban J connectivity index is 1.13. The lowest BCUT2D eigenvalue weighted by atomic mass is 9.38. The summed E-state index contributed by atoms with van der Waals surface area (Å²) in [5.74, 6) is 0.422. The van der Waals surface area contributed by atoms with E-state index in [0.717, 1.165) is 25.7 Å². The van der Waals surface area contributed by atoms with Crippen LogP contribution in [-0.2, 0) is 23.7 Å². The first kappa shape index (κ1) is 44.5. The minimum atomic E-state index is -1.67. The molecule has 0 aromatic heterocycles. The monoisotopic (exact) mass is 796 g/mol. The third-order valence-corrected chi connectivity index (χ3v) is 16.7. The molecule has 0 aromatic rings. The molecule has 0 spiro atoms. The highest BCUT2D eigenvalue weighted by Gasteiger charge is 2.70. The SMILES string of the molecule is C[C@@H]1[C@@H](O)[C@H](OC[C@H]2O[C@@H](O[C@H](CC[C@@H](C)C3CC[C@@]4(C)C5CC=C6C(CC[C@H](O)C6(C)C)[C@]5(C)C(=O)C[C@]34C)C(C)(C)O)[C@H](O)[C@@H](O)[C@@H]2O)O[C@H](CO)[C@H]1O. The van der Waals surface area contributed by atoms with Crippen molar-refractivity contribution in [3.63, 3.8) is 0 Å². The smallest absolute Gasteiger partial charge is 0.187 e. The van der Waals surface area contributed by atoms with E-state index in [1.165, 1.54) is 5.57 Å². The highest BCUT2D eigenvalue weighted by molar-refractivity contribution is 5.88. The number of hydrogen-bond donors (Lipinski definition) is 8. The van der Waals surface area contributed by atoms with E-state index in [0.29, 0.717) is 31.5 Å². The molecule has 56 heavy (non-hydrogen) atoms. The second-order valence-corrected chi connectivity index (χ2v) is 20.4. The third kappa shape index (κ3) is 7.19. The van der Waals surface area contributed by atoms with Gasteiger partial charge in [-0.05, 0) is 93.3 Å². The van der Waals surface area contributed by atoms with Gasteiger partial charge in [0.1, 0.15) is 42.4 Å². The molecule has 3 saturated carbocycles. The van der Waals surface area contributed by atoms with Crippen LogP contribution in [0.1, 0.15) is 114 Å². The van der Waals surface area contributed by atoms with Crippen molar-refractivity contribution < 1.29 is 64.6 Å². The normalized spacial score (nSPS) is 49.0. The molecule has 6 aliphatic rings. The molecule has 0 bridgehead atoms. The van der Waals surface area contributed by atoms with Crippen LogP contribution in [0.25, 0.3) is 0 Å². The quantitative estimate of drug-likeness (QED) is 0.141. The summed E-state index contributed by atoms with van der Waals surface area (Å²) in [5, 5.41) is 85.4. The Morgan fingerprint density at radius 3 is 2.16 bits per heavy atom. The van der Waals surface area contributed by atoms with Crippen molar-refractivity contribution >= 4 is 5.78 Å². The first-order valence-corrected chi connectivity index (χ1v) is 21.2. The summed E-state index contributed by atoms with van der Waals surface area (Å²) in [4.78, 5) is 14.6. The van der Waals surface area contributed by atoms with Crippen LogP contribution in [0.5, 0.6) is 0 Å². The summed E-state index contributed by atoms with van der Waals surface area (Å²) in [7, 11) is 0. The van der Waals surface area contributed by atoms with E-state index in [9.17, 15) is 45.6 Å². The van der Waals surface area contributed by atoms with Crippen molar-refractivity contribution in [3.05, 3.63) is 11.6 Å². The van der Waals surface area contributed by atoms with E-state index in [1.54, 1.807) is 20.8 Å². The highest BCUT2D eigenvalue weighted by Crippen LogP contribution is 2.74. The summed E-state index contributed by atoms with van der Waals surface area (Å²) in [6, 6.07) is 0. The predicted molar refractivity (Wildman–Crippen MR) is 204 cm³/mol. The van der Waals surface area contributed by atoms with Crippen LogP contribution >= 0.6 is 0 Å². The van der Waals surface area contributed by atoms with Gasteiger partial charge >= 0.3 is 0 Å². The van der Waals surface area contributed by atoms with Crippen molar-refractivity contribution in [1.29, 1.82) is 0 Å². The minimum Gasteiger partial charge on any atom is -0.394 e. The maximum atomic E-state index is 14.6. The van der Waals surface area contributed by atoms with E-state index in [-0.39, 0.29) is 46.5 Å². The molecule has 5 fully saturated rings. The van der Waals surface area contributed by atoms with Crippen molar-refractivity contribution in [3.8, 4) is 0 Å². The van der Waals surface area contributed by atoms with E-state index >= 15 is 0 Å². The fourth-order valence-electron chi connectivity index (χ4n) is 12.5. The lowest BCUT2D eigenvalue weighted by Gasteiger charge is -2.64. The van der Waals surface area contributed by atoms with E-state index in [1.807, 2.05) is 0 Å². The maximum Gasteiger partial charge on any atom is 0.187 e. The van der Waals surface area contributed by atoms with E-state index < -0.39 is 91.1 Å². The van der Waals surface area contributed by atoms with Gasteiger partial charge in [-0.1, -0.05) is 60.1 Å². The molecule has 2 heterocycles. The standard InChI is InChI=1S/C43H72O13/c1-21(23-16-17-41(7)28-13-11-24-25(12-14-29(45)39(24,3)4)43(28,9)30(46)18-42(23,41)8)10-15-31(40(5,6)52)56-38-36(51)35(50)34(49)27(55-38)20-53-37-33(48)22(2)32(47)26(19-44)54-37/h11,21-23,25-29,31-38,44-45,47-52H,10,12-20H2,1-9H3/t21-,22+,23?,25?,26-,27-,28?,29+,31-,32+,33-,34-,35+,36-,37-,38+,41+,42-,43+/m1/s1. The number of carbonyl (C=O) groups excluding carboxylic acids is 1. The van der Waals surface area contributed by atoms with Crippen LogP contribution in [0.15, 0.2) is 11.6 Å². The van der Waals surface area contributed by atoms with Gasteiger partial charge < -0.3 is 59.8 Å². The number of hydrogen-bond acceptors (Lipinski definition) is 13. The van der Waals surface area contributed by atoms with Crippen LogP contribution in [0.2, 0.25) is 0 Å². The van der Waals surface area contributed by atoms with Gasteiger partial charge in [-0.15, -0.1) is 0 Å². The molecule has 19 atom stereocenters.